The predicted molar refractivity (Wildman–Crippen MR) is 101 cm³/mol. The number of rotatable bonds is 7. The molecule has 0 atom stereocenters. The highest BCUT2D eigenvalue weighted by molar-refractivity contribution is 6.42. The standard InChI is InChI=1S/C18H20Cl2N2O2/c1-12(2)11-24-17-7-4-13(8-18(17)23-3)10-21-22-14-5-6-15(19)16(20)9-14/h4-10,12,22H,11H2,1-3H3. The molecule has 0 bridgehead atoms. The van der Waals surface area contributed by atoms with E-state index < -0.39 is 0 Å². The SMILES string of the molecule is COc1cc(C=NNc2ccc(Cl)c(Cl)c2)ccc1OCC(C)C. The van der Waals surface area contributed by atoms with Gasteiger partial charge in [-0.25, -0.2) is 0 Å². The Bertz CT molecular complexity index is 718. The Hall–Kier alpha value is -1.91. The molecule has 24 heavy (non-hydrogen) atoms. The summed E-state index contributed by atoms with van der Waals surface area (Å²) in [5, 5.41) is 5.17. The van der Waals surface area contributed by atoms with E-state index in [0.29, 0.717) is 28.3 Å². The molecule has 1 N–H and O–H groups in total. The number of halogens is 2. The molecular formula is C18H20Cl2N2O2. The van der Waals surface area contributed by atoms with E-state index in [-0.39, 0.29) is 0 Å². The van der Waals surface area contributed by atoms with Crippen LogP contribution in [0.15, 0.2) is 41.5 Å². The van der Waals surface area contributed by atoms with E-state index in [1.165, 1.54) is 0 Å². The van der Waals surface area contributed by atoms with Gasteiger partial charge in [-0.15, -0.1) is 0 Å². The van der Waals surface area contributed by atoms with Crippen LogP contribution >= 0.6 is 23.2 Å². The third-order valence-corrected chi connectivity index (χ3v) is 3.83. The predicted octanol–water partition coefficient (Wildman–Crippen LogP) is 5.48. The first kappa shape index (κ1) is 18.4. The van der Waals surface area contributed by atoms with E-state index >= 15 is 0 Å². The topological polar surface area (TPSA) is 42.8 Å². The number of ether oxygens (including phenoxy) is 2. The summed E-state index contributed by atoms with van der Waals surface area (Å²) in [6, 6.07) is 10.9. The van der Waals surface area contributed by atoms with Crippen molar-refractivity contribution in [2.75, 3.05) is 19.1 Å². The van der Waals surface area contributed by atoms with Gasteiger partial charge in [0.15, 0.2) is 11.5 Å². The zero-order chi connectivity index (χ0) is 17.5. The molecule has 2 aromatic carbocycles. The normalized spacial score (nSPS) is 11.1. The maximum atomic E-state index is 5.96. The molecule has 0 fully saturated rings. The van der Waals surface area contributed by atoms with Gasteiger partial charge in [0.1, 0.15) is 0 Å². The average Bonchev–Trinajstić information content (AvgIpc) is 2.56. The molecule has 6 heteroatoms. The van der Waals surface area contributed by atoms with E-state index in [0.717, 1.165) is 17.0 Å². The van der Waals surface area contributed by atoms with Crippen molar-refractivity contribution in [2.45, 2.75) is 13.8 Å². The summed E-state index contributed by atoms with van der Waals surface area (Å²) < 4.78 is 11.1. The van der Waals surface area contributed by atoms with Crippen molar-refractivity contribution in [3.63, 3.8) is 0 Å². The zero-order valence-electron chi connectivity index (χ0n) is 13.8. The largest absolute Gasteiger partial charge is 0.493 e. The summed E-state index contributed by atoms with van der Waals surface area (Å²) in [6.07, 6.45) is 1.69. The van der Waals surface area contributed by atoms with Crippen molar-refractivity contribution < 1.29 is 9.47 Å². The lowest BCUT2D eigenvalue weighted by atomic mass is 10.2. The van der Waals surface area contributed by atoms with Crippen LogP contribution in [0, 0.1) is 5.92 Å². The van der Waals surface area contributed by atoms with Gasteiger partial charge >= 0.3 is 0 Å². The Morgan fingerprint density at radius 1 is 1.08 bits per heavy atom. The van der Waals surface area contributed by atoms with Crippen LogP contribution in [-0.4, -0.2) is 19.9 Å². The van der Waals surface area contributed by atoms with Gasteiger partial charge in [-0.3, -0.25) is 5.43 Å². The third kappa shape index (κ3) is 5.32. The second-order valence-electron chi connectivity index (χ2n) is 5.61. The number of nitrogens with zero attached hydrogens (tertiary/aromatic N) is 1. The molecular weight excluding hydrogens is 347 g/mol. The molecule has 0 amide bonds. The van der Waals surface area contributed by atoms with Gasteiger partial charge in [-0.2, -0.15) is 5.10 Å². The van der Waals surface area contributed by atoms with Crippen LogP contribution in [0.4, 0.5) is 5.69 Å². The number of hydrogen-bond acceptors (Lipinski definition) is 4. The smallest absolute Gasteiger partial charge is 0.161 e. The van der Waals surface area contributed by atoms with Crippen LogP contribution in [-0.2, 0) is 0 Å². The lowest BCUT2D eigenvalue weighted by Gasteiger charge is -2.12. The van der Waals surface area contributed by atoms with E-state index in [1.54, 1.807) is 31.5 Å². The van der Waals surface area contributed by atoms with Crippen LogP contribution in [0.2, 0.25) is 10.0 Å². The molecule has 0 aromatic heterocycles. The highest BCUT2D eigenvalue weighted by atomic mass is 35.5. The van der Waals surface area contributed by atoms with Crippen LogP contribution < -0.4 is 14.9 Å². The minimum absolute atomic E-state index is 0.450. The van der Waals surface area contributed by atoms with E-state index in [1.807, 2.05) is 18.2 Å². The molecule has 0 aliphatic carbocycles. The number of hydrogen-bond donors (Lipinski definition) is 1. The molecule has 0 aliphatic rings. The van der Waals surface area contributed by atoms with Crippen LogP contribution in [0.1, 0.15) is 19.4 Å². The minimum Gasteiger partial charge on any atom is -0.493 e. The van der Waals surface area contributed by atoms with Gasteiger partial charge in [-0.05, 0) is 47.9 Å². The lowest BCUT2D eigenvalue weighted by molar-refractivity contribution is 0.257. The number of benzene rings is 2. The molecule has 0 saturated carbocycles. The number of hydrazone groups is 1. The van der Waals surface area contributed by atoms with Crippen molar-refractivity contribution in [1.29, 1.82) is 0 Å². The summed E-state index contributed by atoms with van der Waals surface area (Å²) in [4.78, 5) is 0. The summed E-state index contributed by atoms with van der Waals surface area (Å²) in [5.41, 5.74) is 4.55. The Kier molecular flexibility index (Phi) is 6.76. The maximum absolute atomic E-state index is 5.96. The van der Waals surface area contributed by atoms with Crippen molar-refractivity contribution >= 4 is 35.1 Å². The lowest BCUT2D eigenvalue weighted by Crippen LogP contribution is -2.05. The van der Waals surface area contributed by atoms with Gasteiger partial charge in [-0.1, -0.05) is 37.0 Å². The van der Waals surface area contributed by atoms with E-state index in [2.05, 4.69) is 24.4 Å². The fourth-order valence-electron chi connectivity index (χ4n) is 1.89. The number of anilines is 1. The molecule has 2 rings (SSSR count). The average molecular weight is 367 g/mol. The fraction of sp³-hybridized carbons (Fsp3) is 0.278. The molecule has 0 saturated heterocycles. The minimum atomic E-state index is 0.450. The first-order chi connectivity index (χ1) is 11.5. The molecule has 0 radical (unpaired) electrons. The monoisotopic (exact) mass is 366 g/mol. The Labute approximate surface area is 152 Å². The molecule has 4 nitrogen and oxygen atoms in total. The maximum Gasteiger partial charge on any atom is 0.161 e. The molecule has 0 heterocycles. The van der Waals surface area contributed by atoms with Gasteiger partial charge in [0.2, 0.25) is 0 Å². The molecule has 0 unspecified atom stereocenters. The summed E-state index contributed by atoms with van der Waals surface area (Å²) in [6.45, 7) is 4.84. The number of nitrogens with one attached hydrogen (secondary N) is 1. The zero-order valence-corrected chi connectivity index (χ0v) is 15.4. The molecule has 0 spiro atoms. The van der Waals surface area contributed by atoms with Gasteiger partial charge in [0.25, 0.3) is 0 Å². The molecule has 2 aromatic rings. The Morgan fingerprint density at radius 3 is 2.54 bits per heavy atom. The van der Waals surface area contributed by atoms with Crippen LogP contribution in [0.25, 0.3) is 0 Å². The summed E-state index contributed by atoms with van der Waals surface area (Å²) >= 11 is 11.8. The second kappa shape index (κ2) is 8.81. The number of methoxy groups -OCH3 is 1. The molecule has 128 valence electrons. The van der Waals surface area contributed by atoms with Crippen molar-refractivity contribution in [3.05, 3.63) is 52.0 Å². The van der Waals surface area contributed by atoms with Crippen LogP contribution in [0.5, 0.6) is 11.5 Å². The first-order valence-corrected chi connectivity index (χ1v) is 8.30. The fourth-order valence-corrected chi connectivity index (χ4v) is 2.19. The highest BCUT2D eigenvalue weighted by Gasteiger charge is 2.06. The quantitative estimate of drug-likeness (QED) is 0.520. The Morgan fingerprint density at radius 2 is 1.88 bits per heavy atom. The van der Waals surface area contributed by atoms with Crippen molar-refractivity contribution in [2.24, 2.45) is 11.0 Å². The summed E-state index contributed by atoms with van der Waals surface area (Å²) in [5.74, 6) is 1.85. The van der Waals surface area contributed by atoms with Gasteiger partial charge in [0.05, 0.1) is 35.7 Å². The van der Waals surface area contributed by atoms with E-state index in [9.17, 15) is 0 Å². The van der Waals surface area contributed by atoms with Crippen molar-refractivity contribution in [3.8, 4) is 11.5 Å². The third-order valence-electron chi connectivity index (χ3n) is 3.09. The Balaban J connectivity index is 2.04. The van der Waals surface area contributed by atoms with Crippen LogP contribution in [0.3, 0.4) is 0 Å². The summed E-state index contributed by atoms with van der Waals surface area (Å²) in [7, 11) is 1.62. The highest BCUT2D eigenvalue weighted by Crippen LogP contribution is 2.28. The first-order valence-electron chi connectivity index (χ1n) is 7.54. The van der Waals surface area contributed by atoms with Crippen molar-refractivity contribution in [1.82, 2.24) is 0 Å². The van der Waals surface area contributed by atoms with Gasteiger partial charge in [0, 0.05) is 0 Å². The second-order valence-corrected chi connectivity index (χ2v) is 6.43. The van der Waals surface area contributed by atoms with Gasteiger partial charge < -0.3 is 9.47 Å². The molecule has 0 aliphatic heterocycles. The van der Waals surface area contributed by atoms with E-state index in [4.69, 9.17) is 32.7 Å².